The van der Waals surface area contributed by atoms with Gasteiger partial charge in [0.25, 0.3) is 0 Å². The van der Waals surface area contributed by atoms with Crippen LogP contribution in [0.4, 0.5) is 0 Å². The molecule has 0 aliphatic carbocycles. The molecule has 0 saturated heterocycles. The molecule has 14 heavy (non-hydrogen) atoms. The molecule has 1 aromatic heterocycles. The van der Waals surface area contributed by atoms with E-state index < -0.39 is 5.97 Å². The third-order valence-corrected chi connectivity index (χ3v) is 2.73. The summed E-state index contributed by atoms with van der Waals surface area (Å²) >= 11 is 1.77. The van der Waals surface area contributed by atoms with Gasteiger partial charge in [-0.3, -0.25) is 0 Å². The summed E-state index contributed by atoms with van der Waals surface area (Å²) < 4.78 is 9.83. The summed E-state index contributed by atoms with van der Waals surface area (Å²) in [5.74, 6) is 1.44. The lowest BCUT2D eigenvalue weighted by molar-refractivity contribution is 0.0563. The zero-order valence-corrected chi connectivity index (χ0v) is 9.39. The van der Waals surface area contributed by atoms with Gasteiger partial charge in [-0.2, -0.15) is 11.8 Å². The van der Waals surface area contributed by atoms with Crippen LogP contribution in [-0.2, 0) is 10.5 Å². The summed E-state index contributed by atoms with van der Waals surface area (Å²) in [6, 6.07) is 3.45. The predicted molar refractivity (Wildman–Crippen MR) is 56.5 cm³/mol. The Labute approximate surface area is 87.8 Å². The number of rotatable bonds is 4. The monoisotopic (exact) mass is 214 g/mol. The van der Waals surface area contributed by atoms with E-state index in [9.17, 15) is 4.79 Å². The van der Waals surface area contributed by atoms with Gasteiger partial charge in [-0.25, -0.2) is 4.79 Å². The number of ether oxygens (including phenoxy) is 1. The average Bonchev–Trinajstić information content (AvgIpc) is 2.62. The Bertz CT molecular complexity index is 304. The van der Waals surface area contributed by atoms with Gasteiger partial charge in [0, 0.05) is 0 Å². The van der Waals surface area contributed by atoms with Gasteiger partial charge < -0.3 is 9.15 Å². The van der Waals surface area contributed by atoms with E-state index in [0.717, 1.165) is 11.5 Å². The second kappa shape index (κ2) is 5.10. The summed E-state index contributed by atoms with van der Waals surface area (Å²) in [6.45, 7) is 4.24. The molecule has 0 N–H and O–H groups in total. The molecule has 0 fully saturated rings. The topological polar surface area (TPSA) is 39.4 Å². The molecule has 1 heterocycles. The summed E-state index contributed by atoms with van der Waals surface area (Å²) in [6.07, 6.45) is 0. The van der Waals surface area contributed by atoms with Crippen LogP contribution in [0.25, 0.3) is 0 Å². The van der Waals surface area contributed by atoms with Crippen LogP contribution in [-0.4, -0.2) is 18.3 Å². The number of esters is 1. The number of thioether (sulfide) groups is 1. The van der Waals surface area contributed by atoms with Gasteiger partial charge in [-0.05, 0) is 17.4 Å². The highest BCUT2D eigenvalue weighted by Crippen LogP contribution is 2.19. The molecule has 0 radical (unpaired) electrons. The molecule has 78 valence electrons. The minimum atomic E-state index is -0.425. The van der Waals surface area contributed by atoms with E-state index in [2.05, 4.69) is 18.6 Å². The quantitative estimate of drug-likeness (QED) is 0.722. The van der Waals surface area contributed by atoms with E-state index >= 15 is 0 Å². The zero-order valence-electron chi connectivity index (χ0n) is 8.57. The van der Waals surface area contributed by atoms with Crippen molar-refractivity contribution < 1.29 is 13.9 Å². The molecule has 1 rings (SSSR count). The van der Waals surface area contributed by atoms with Crippen LogP contribution in [0.3, 0.4) is 0 Å². The van der Waals surface area contributed by atoms with Crippen molar-refractivity contribution in [1.29, 1.82) is 0 Å². The third kappa shape index (κ3) is 3.10. The molecule has 3 nitrogen and oxygen atoms in total. The van der Waals surface area contributed by atoms with Crippen molar-refractivity contribution in [3.8, 4) is 0 Å². The molecule has 0 aromatic carbocycles. The first-order valence-corrected chi connectivity index (χ1v) is 5.47. The van der Waals surface area contributed by atoms with E-state index in [0.29, 0.717) is 5.25 Å². The van der Waals surface area contributed by atoms with Crippen molar-refractivity contribution in [1.82, 2.24) is 0 Å². The third-order valence-electron chi connectivity index (χ3n) is 1.61. The highest BCUT2D eigenvalue weighted by Gasteiger charge is 2.10. The molecule has 0 spiro atoms. The molecule has 0 aliphatic rings. The Kier molecular flexibility index (Phi) is 4.07. The lowest BCUT2D eigenvalue weighted by Crippen LogP contribution is -1.98. The van der Waals surface area contributed by atoms with Crippen molar-refractivity contribution in [2.45, 2.75) is 24.9 Å². The van der Waals surface area contributed by atoms with Gasteiger partial charge in [0.2, 0.25) is 5.76 Å². The van der Waals surface area contributed by atoms with Crippen LogP contribution >= 0.6 is 11.8 Å². The predicted octanol–water partition coefficient (Wildman–Crippen LogP) is 2.71. The van der Waals surface area contributed by atoms with Crippen molar-refractivity contribution in [2.24, 2.45) is 0 Å². The molecule has 0 atom stereocenters. The fraction of sp³-hybridized carbons (Fsp3) is 0.500. The molecular weight excluding hydrogens is 200 g/mol. The minimum absolute atomic E-state index is 0.270. The Hall–Kier alpha value is -0.900. The summed E-state index contributed by atoms with van der Waals surface area (Å²) in [5, 5.41) is 0.557. The van der Waals surface area contributed by atoms with E-state index in [4.69, 9.17) is 4.42 Å². The Morgan fingerprint density at radius 2 is 2.29 bits per heavy atom. The minimum Gasteiger partial charge on any atom is -0.463 e. The maximum Gasteiger partial charge on any atom is 0.373 e. The molecular formula is C10H14O3S. The first kappa shape index (κ1) is 11.2. The maximum atomic E-state index is 11.0. The molecule has 0 saturated carbocycles. The van der Waals surface area contributed by atoms with Gasteiger partial charge in [0.05, 0.1) is 12.9 Å². The van der Waals surface area contributed by atoms with Crippen LogP contribution in [0.2, 0.25) is 0 Å². The number of carbonyl (C=O) groups excluding carboxylic acids is 1. The van der Waals surface area contributed by atoms with Gasteiger partial charge in [0.1, 0.15) is 5.76 Å². The van der Waals surface area contributed by atoms with Crippen LogP contribution in [0.5, 0.6) is 0 Å². The van der Waals surface area contributed by atoms with Crippen molar-refractivity contribution in [2.75, 3.05) is 7.11 Å². The normalized spacial score (nSPS) is 10.6. The smallest absolute Gasteiger partial charge is 0.373 e. The van der Waals surface area contributed by atoms with Gasteiger partial charge in [0.15, 0.2) is 0 Å². The molecule has 0 unspecified atom stereocenters. The summed E-state index contributed by atoms with van der Waals surface area (Å²) in [7, 11) is 1.34. The second-order valence-electron chi connectivity index (χ2n) is 3.12. The van der Waals surface area contributed by atoms with Crippen LogP contribution in [0.15, 0.2) is 16.5 Å². The Morgan fingerprint density at radius 3 is 2.86 bits per heavy atom. The molecule has 1 aromatic rings. The first-order valence-electron chi connectivity index (χ1n) is 4.42. The summed E-state index contributed by atoms with van der Waals surface area (Å²) in [4.78, 5) is 11.0. The Morgan fingerprint density at radius 1 is 1.57 bits per heavy atom. The lowest BCUT2D eigenvalue weighted by Gasteiger charge is -2.01. The first-order chi connectivity index (χ1) is 6.63. The van der Waals surface area contributed by atoms with Crippen molar-refractivity contribution >= 4 is 17.7 Å². The van der Waals surface area contributed by atoms with Crippen LogP contribution < -0.4 is 0 Å². The fourth-order valence-electron chi connectivity index (χ4n) is 0.915. The highest BCUT2D eigenvalue weighted by molar-refractivity contribution is 7.99. The second-order valence-corrected chi connectivity index (χ2v) is 4.68. The van der Waals surface area contributed by atoms with E-state index in [1.165, 1.54) is 7.11 Å². The molecule has 0 bridgehead atoms. The number of carbonyl (C=O) groups is 1. The number of hydrogen-bond donors (Lipinski definition) is 0. The largest absolute Gasteiger partial charge is 0.463 e. The molecule has 0 aliphatic heterocycles. The van der Waals surface area contributed by atoms with Gasteiger partial charge in [-0.1, -0.05) is 13.8 Å². The maximum absolute atomic E-state index is 11.0. The van der Waals surface area contributed by atoms with E-state index in [1.54, 1.807) is 17.8 Å². The molecule has 0 amide bonds. The van der Waals surface area contributed by atoms with E-state index in [1.807, 2.05) is 6.07 Å². The van der Waals surface area contributed by atoms with Gasteiger partial charge >= 0.3 is 5.97 Å². The highest BCUT2D eigenvalue weighted by atomic mass is 32.2. The van der Waals surface area contributed by atoms with Crippen LogP contribution in [0, 0.1) is 0 Å². The van der Waals surface area contributed by atoms with Crippen molar-refractivity contribution in [3.63, 3.8) is 0 Å². The zero-order chi connectivity index (χ0) is 10.6. The van der Waals surface area contributed by atoms with Crippen molar-refractivity contribution in [3.05, 3.63) is 23.7 Å². The average molecular weight is 214 g/mol. The molecule has 4 heteroatoms. The SMILES string of the molecule is COC(=O)c1ccc(CSC(C)C)o1. The van der Waals surface area contributed by atoms with E-state index in [-0.39, 0.29) is 5.76 Å². The fourth-order valence-corrected chi connectivity index (χ4v) is 1.57. The van der Waals surface area contributed by atoms with Crippen LogP contribution in [0.1, 0.15) is 30.2 Å². The summed E-state index contributed by atoms with van der Waals surface area (Å²) in [5.41, 5.74) is 0. The Balaban J connectivity index is 2.55. The van der Waals surface area contributed by atoms with Gasteiger partial charge in [-0.15, -0.1) is 0 Å². The number of hydrogen-bond acceptors (Lipinski definition) is 4. The number of methoxy groups -OCH3 is 1. The lowest BCUT2D eigenvalue weighted by atomic mass is 10.4. The standard InChI is InChI=1S/C10H14O3S/c1-7(2)14-6-8-4-5-9(13-8)10(11)12-3/h4-5,7H,6H2,1-3H3. The number of furan rings is 1.